The summed E-state index contributed by atoms with van der Waals surface area (Å²) in [4.78, 5) is 14.5. The number of nitrogens with one attached hydrogen (secondary N) is 1. The summed E-state index contributed by atoms with van der Waals surface area (Å²) in [6, 6.07) is 12.4. The third-order valence-corrected chi connectivity index (χ3v) is 5.33. The topological polar surface area (TPSA) is 29.1 Å². The molecule has 0 bridgehead atoms. The highest BCUT2D eigenvalue weighted by molar-refractivity contribution is 7.14. The second kappa shape index (κ2) is 6.44. The fourth-order valence-corrected chi connectivity index (χ4v) is 3.99. The molecule has 3 heteroatoms. The van der Waals surface area contributed by atoms with Crippen LogP contribution in [0.4, 0.5) is 0 Å². The SMILES string of the molecule is CC1CCc2sc(C(=O)NCCc3ccccc3)cc2C1. The lowest BCUT2D eigenvalue weighted by atomic mass is 9.90. The van der Waals surface area contributed by atoms with E-state index in [0.717, 1.165) is 30.1 Å². The van der Waals surface area contributed by atoms with Gasteiger partial charge in [0.1, 0.15) is 0 Å². The number of aryl methyl sites for hydroxylation is 1. The van der Waals surface area contributed by atoms with Gasteiger partial charge < -0.3 is 5.32 Å². The zero-order valence-corrected chi connectivity index (χ0v) is 13.2. The molecule has 0 fully saturated rings. The molecule has 0 radical (unpaired) electrons. The van der Waals surface area contributed by atoms with Crippen molar-refractivity contribution in [1.29, 1.82) is 0 Å². The molecule has 21 heavy (non-hydrogen) atoms. The lowest BCUT2D eigenvalue weighted by Crippen LogP contribution is -2.24. The Morgan fingerprint density at radius 3 is 2.95 bits per heavy atom. The maximum Gasteiger partial charge on any atom is 0.261 e. The van der Waals surface area contributed by atoms with E-state index in [9.17, 15) is 4.79 Å². The fraction of sp³-hybridized carbons (Fsp3) is 0.389. The van der Waals surface area contributed by atoms with Gasteiger partial charge in [0.15, 0.2) is 0 Å². The summed E-state index contributed by atoms with van der Waals surface area (Å²) in [7, 11) is 0. The lowest BCUT2D eigenvalue weighted by molar-refractivity contribution is 0.0958. The summed E-state index contributed by atoms with van der Waals surface area (Å²) in [6.07, 6.45) is 4.40. The predicted octanol–water partition coefficient (Wildman–Crippen LogP) is 3.85. The molecule has 1 aromatic heterocycles. The first-order valence-electron chi connectivity index (χ1n) is 7.66. The molecule has 1 aliphatic rings. The van der Waals surface area contributed by atoms with Gasteiger partial charge in [-0.25, -0.2) is 0 Å². The summed E-state index contributed by atoms with van der Waals surface area (Å²) < 4.78 is 0. The van der Waals surface area contributed by atoms with E-state index in [1.807, 2.05) is 18.2 Å². The molecule has 0 saturated carbocycles. The van der Waals surface area contributed by atoms with Gasteiger partial charge in [-0.2, -0.15) is 0 Å². The van der Waals surface area contributed by atoms with Crippen LogP contribution >= 0.6 is 11.3 Å². The van der Waals surface area contributed by atoms with E-state index in [4.69, 9.17) is 0 Å². The van der Waals surface area contributed by atoms with E-state index < -0.39 is 0 Å². The molecule has 0 spiro atoms. The van der Waals surface area contributed by atoms with Crippen molar-refractivity contribution in [2.75, 3.05) is 6.54 Å². The molecule has 1 atom stereocenters. The Kier molecular flexibility index (Phi) is 4.39. The van der Waals surface area contributed by atoms with Gasteiger partial charge >= 0.3 is 0 Å². The summed E-state index contributed by atoms with van der Waals surface area (Å²) in [5.74, 6) is 0.832. The van der Waals surface area contributed by atoms with E-state index in [2.05, 4.69) is 30.4 Å². The highest BCUT2D eigenvalue weighted by Gasteiger charge is 2.20. The van der Waals surface area contributed by atoms with Crippen LogP contribution < -0.4 is 5.32 Å². The minimum absolute atomic E-state index is 0.0815. The van der Waals surface area contributed by atoms with Crippen LogP contribution in [0.2, 0.25) is 0 Å². The lowest BCUT2D eigenvalue weighted by Gasteiger charge is -2.16. The molecule has 0 saturated heterocycles. The Morgan fingerprint density at radius 2 is 2.14 bits per heavy atom. The first kappa shape index (κ1) is 14.3. The largest absolute Gasteiger partial charge is 0.351 e. The van der Waals surface area contributed by atoms with E-state index >= 15 is 0 Å². The second-order valence-corrected chi connectivity index (χ2v) is 7.04. The van der Waals surface area contributed by atoms with Crippen molar-refractivity contribution in [3.05, 3.63) is 57.3 Å². The standard InChI is InChI=1S/C18H21NOS/c1-13-7-8-16-15(11-13)12-17(21-16)18(20)19-10-9-14-5-3-2-4-6-14/h2-6,12-13H,7-11H2,1H3,(H,19,20). The number of hydrogen-bond donors (Lipinski definition) is 1. The van der Waals surface area contributed by atoms with Gasteiger partial charge in [0.2, 0.25) is 0 Å². The predicted molar refractivity (Wildman–Crippen MR) is 88.0 cm³/mol. The van der Waals surface area contributed by atoms with Crippen molar-refractivity contribution in [3.63, 3.8) is 0 Å². The van der Waals surface area contributed by atoms with Crippen molar-refractivity contribution in [3.8, 4) is 0 Å². The molecule has 0 aliphatic heterocycles. The number of fused-ring (bicyclic) bond motifs is 1. The highest BCUT2D eigenvalue weighted by Crippen LogP contribution is 2.32. The van der Waals surface area contributed by atoms with E-state index in [0.29, 0.717) is 6.54 Å². The molecule has 2 nitrogen and oxygen atoms in total. The van der Waals surface area contributed by atoms with E-state index in [1.54, 1.807) is 11.3 Å². The number of carbonyl (C=O) groups is 1. The van der Waals surface area contributed by atoms with Gasteiger partial charge in [-0.1, -0.05) is 37.3 Å². The molecular formula is C18H21NOS. The van der Waals surface area contributed by atoms with Gasteiger partial charge in [0.05, 0.1) is 4.88 Å². The first-order valence-corrected chi connectivity index (χ1v) is 8.47. The third kappa shape index (κ3) is 3.53. The van der Waals surface area contributed by atoms with Crippen LogP contribution in [0.15, 0.2) is 36.4 Å². The third-order valence-electron chi connectivity index (χ3n) is 4.10. The number of benzene rings is 1. The molecule has 1 aliphatic carbocycles. The fourth-order valence-electron chi connectivity index (χ4n) is 2.87. The van der Waals surface area contributed by atoms with Gasteiger partial charge in [-0.3, -0.25) is 4.79 Å². The first-order chi connectivity index (χ1) is 10.2. The molecule has 2 aromatic rings. The summed E-state index contributed by atoms with van der Waals surface area (Å²) in [6.45, 7) is 2.99. The Hall–Kier alpha value is -1.61. The number of rotatable bonds is 4. The smallest absolute Gasteiger partial charge is 0.261 e. The Balaban J connectivity index is 1.56. The van der Waals surface area contributed by atoms with Crippen LogP contribution in [0.1, 0.15) is 39.0 Å². The van der Waals surface area contributed by atoms with Gasteiger partial charge in [-0.15, -0.1) is 11.3 Å². The Labute approximate surface area is 130 Å². The second-order valence-electron chi connectivity index (χ2n) is 5.90. The summed E-state index contributed by atoms with van der Waals surface area (Å²) in [5, 5.41) is 3.04. The van der Waals surface area contributed by atoms with Gasteiger partial charge in [-0.05, 0) is 48.8 Å². The zero-order valence-electron chi connectivity index (χ0n) is 12.4. The van der Waals surface area contributed by atoms with Crippen molar-refractivity contribution in [2.45, 2.75) is 32.6 Å². The highest BCUT2D eigenvalue weighted by atomic mass is 32.1. The Morgan fingerprint density at radius 1 is 1.33 bits per heavy atom. The van der Waals surface area contributed by atoms with Gasteiger partial charge in [0, 0.05) is 11.4 Å². The normalized spacial score (nSPS) is 17.3. The zero-order chi connectivity index (χ0) is 14.7. The number of carbonyl (C=O) groups excluding carboxylic acids is 1. The van der Waals surface area contributed by atoms with Crippen LogP contribution in [0.25, 0.3) is 0 Å². The minimum atomic E-state index is 0.0815. The maximum absolute atomic E-state index is 12.2. The number of amides is 1. The van der Waals surface area contributed by atoms with E-state index in [-0.39, 0.29) is 5.91 Å². The molecule has 1 N–H and O–H groups in total. The van der Waals surface area contributed by atoms with Crippen molar-refractivity contribution >= 4 is 17.2 Å². The summed E-state index contributed by atoms with van der Waals surface area (Å²) in [5.41, 5.74) is 2.66. The number of thiophene rings is 1. The van der Waals surface area contributed by atoms with Crippen LogP contribution in [0, 0.1) is 5.92 Å². The molecule has 1 heterocycles. The molecule has 1 aromatic carbocycles. The Bertz CT molecular complexity index is 617. The van der Waals surface area contributed by atoms with Gasteiger partial charge in [0.25, 0.3) is 5.91 Å². The average Bonchev–Trinajstić information content (AvgIpc) is 2.91. The number of hydrogen-bond acceptors (Lipinski definition) is 2. The minimum Gasteiger partial charge on any atom is -0.351 e. The summed E-state index contributed by atoms with van der Waals surface area (Å²) >= 11 is 1.68. The van der Waals surface area contributed by atoms with E-state index in [1.165, 1.54) is 22.4 Å². The quantitative estimate of drug-likeness (QED) is 0.913. The van der Waals surface area contributed by atoms with Crippen molar-refractivity contribution in [2.24, 2.45) is 5.92 Å². The molecule has 1 unspecified atom stereocenters. The van der Waals surface area contributed by atoms with Crippen LogP contribution in [0.3, 0.4) is 0 Å². The maximum atomic E-state index is 12.2. The molecular weight excluding hydrogens is 278 g/mol. The van der Waals surface area contributed by atoms with Crippen LogP contribution in [0.5, 0.6) is 0 Å². The van der Waals surface area contributed by atoms with Crippen LogP contribution in [-0.4, -0.2) is 12.5 Å². The average molecular weight is 299 g/mol. The molecule has 110 valence electrons. The molecule has 3 rings (SSSR count). The monoisotopic (exact) mass is 299 g/mol. The van der Waals surface area contributed by atoms with Crippen molar-refractivity contribution < 1.29 is 4.79 Å². The van der Waals surface area contributed by atoms with Crippen molar-refractivity contribution in [1.82, 2.24) is 5.32 Å². The molecule has 1 amide bonds. The van der Waals surface area contributed by atoms with Crippen LogP contribution in [-0.2, 0) is 19.3 Å².